The molecule has 0 fully saturated rings. The summed E-state index contributed by atoms with van der Waals surface area (Å²) in [6.45, 7) is 0.850. The molecular formula is C11H15IO. The van der Waals surface area contributed by atoms with Crippen molar-refractivity contribution in [2.24, 2.45) is 0 Å². The van der Waals surface area contributed by atoms with E-state index >= 15 is 0 Å². The van der Waals surface area contributed by atoms with Crippen LogP contribution in [0.2, 0.25) is 0 Å². The smallest absolute Gasteiger partial charge is 0.0468 e. The topological polar surface area (TPSA) is 9.23 Å². The van der Waals surface area contributed by atoms with Crippen LogP contribution in [0.25, 0.3) is 0 Å². The standard InChI is InChI=1S/C11H15IO/c1-13-8-7-11(9-12)10-5-3-2-4-6-10/h2-6,11H,7-9H2,1H3. The number of hydrogen-bond acceptors (Lipinski definition) is 1. The number of alkyl halides is 1. The van der Waals surface area contributed by atoms with Gasteiger partial charge in [-0.15, -0.1) is 0 Å². The number of ether oxygens (including phenoxy) is 1. The largest absolute Gasteiger partial charge is 0.385 e. The lowest BCUT2D eigenvalue weighted by Gasteiger charge is -2.13. The summed E-state index contributed by atoms with van der Waals surface area (Å²) in [5, 5.41) is 0. The van der Waals surface area contributed by atoms with Crippen molar-refractivity contribution < 1.29 is 4.74 Å². The Labute approximate surface area is 93.6 Å². The molecule has 72 valence electrons. The molecule has 2 heteroatoms. The van der Waals surface area contributed by atoms with Crippen molar-refractivity contribution in [3.05, 3.63) is 35.9 Å². The summed E-state index contributed by atoms with van der Waals surface area (Å²) >= 11 is 2.44. The minimum Gasteiger partial charge on any atom is -0.385 e. The second kappa shape index (κ2) is 6.38. The van der Waals surface area contributed by atoms with Gasteiger partial charge in [0.05, 0.1) is 0 Å². The first-order valence-electron chi connectivity index (χ1n) is 4.48. The third-order valence-corrected chi connectivity index (χ3v) is 3.19. The lowest BCUT2D eigenvalue weighted by molar-refractivity contribution is 0.190. The minimum absolute atomic E-state index is 0.641. The molecule has 0 aliphatic heterocycles. The lowest BCUT2D eigenvalue weighted by Crippen LogP contribution is -2.03. The Kier molecular flexibility index (Phi) is 5.39. The summed E-state index contributed by atoms with van der Waals surface area (Å²) in [7, 11) is 1.76. The number of methoxy groups -OCH3 is 1. The van der Waals surface area contributed by atoms with E-state index in [1.807, 2.05) is 0 Å². The van der Waals surface area contributed by atoms with Crippen LogP contribution < -0.4 is 0 Å². The predicted molar refractivity (Wildman–Crippen MR) is 64.6 cm³/mol. The monoisotopic (exact) mass is 290 g/mol. The molecule has 0 saturated carbocycles. The maximum atomic E-state index is 5.09. The second-order valence-electron chi connectivity index (χ2n) is 3.04. The average Bonchev–Trinajstić information content (AvgIpc) is 2.21. The van der Waals surface area contributed by atoms with Crippen molar-refractivity contribution in [1.82, 2.24) is 0 Å². The molecule has 0 aliphatic carbocycles. The van der Waals surface area contributed by atoms with Gasteiger partial charge in [-0.3, -0.25) is 0 Å². The van der Waals surface area contributed by atoms with Gasteiger partial charge in [-0.05, 0) is 17.9 Å². The van der Waals surface area contributed by atoms with E-state index in [9.17, 15) is 0 Å². The van der Waals surface area contributed by atoms with Crippen molar-refractivity contribution in [2.45, 2.75) is 12.3 Å². The fourth-order valence-corrected chi connectivity index (χ4v) is 2.27. The van der Waals surface area contributed by atoms with E-state index in [1.165, 1.54) is 5.56 Å². The summed E-state index contributed by atoms with van der Waals surface area (Å²) in [4.78, 5) is 0. The molecule has 0 spiro atoms. The number of halogens is 1. The molecule has 0 N–H and O–H groups in total. The van der Waals surface area contributed by atoms with Crippen LogP contribution in [-0.2, 0) is 4.74 Å². The van der Waals surface area contributed by atoms with Crippen LogP contribution in [-0.4, -0.2) is 18.1 Å². The number of hydrogen-bond donors (Lipinski definition) is 0. The lowest BCUT2D eigenvalue weighted by atomic mass is 9.98. The molecule has 0 saturated heterocycles. The Hall–Kier alpha value is -0.0900. The summed E-state index contributed by atoms with van der Waals surface area (Å²) in [5.41, 5.74) is 1.42. The quantitative estimate of drug-likeness (QED) is 0.597. The highest BCUT2D eigenvalue weighted by atomic mass is 127. The normalized spacial score (nSPS) is 12.8. The highest BCUT2D eigenvalue weighted by molar-refractivity contribution is 14.1. The third kappa shape index (κ3) is 3.65. The summed E-state index contributed by atoms with van der Waals surface area (Å²) in [5.74, 6) is 0.641. The van der Waals surface area contributed by atoms with Gasteiger partial charge in [0.15, 0.2) is 0 Å². The first kappa shape index (κ1) is 11.0. The number of rotatable bonds is 5. The van der Waals surface area contributed by atoms with Gasteiger partial charge in [0.25, 0.3) is 0 Å². The molecule has 1 atom stereocenters. The molecule has 0 amide bonds. The van der Waals surface area contributed by atoms with E-state index < -0.39 is 0 Å². The molecule has 0 radical (unpaired) electrons. The maximum Gasteiger partial charge on any atom is 0.0468 e. The van der Waals surface area contributed by atoms with Gasteiger partial charge in [-0.25, -0.2) is 0 Å². The van der Waals surface area contributed by atoms with Crippen LogP contribution in [0.3, 0.4) is 0 Å². The predicted octanol–water partition coefficient (Wildman–Crippen LogP) is 3.24. The van der Waals surface area contributed by atoms with Gasteiger partial charge >= 0.3 is 0 Å². The van der Waals surface area contributed by atoms with Crippen LogP contribution >= 0.6 is 22.6 Å². The molecule has 13 heavy (non-hydrogen) atoms. The van der Waals surface area contributed by atoms with Crippen LogP contribution in [0.4, 0.5) is 0 Å². The molecule has 0 aromatic heterocycles. The fourth-order valence-electron chi connectivity index (χ4n) is 1.32. The van der Waals surface area contributed by atoms with Gasteiger partial charge < -0.3 is 4.74 Å². The van der Waals surface area contributed by atoms with Crippen molar-refractivity contribution in [3.63, 3.8) is 0 Å². The molecule has 1 unspecified atom stereocenters. The van der Waals surface area contributed by atoms with E-state index in [1.54, 1.807) is 7.11 Å². The maximum absolute atomic E-state index is 5.09. The van der Waals surface area contributed by atoms with Crippen LogP contribution in [0.1, 0.15) is 17.9 Å². The Balaban J connectivity index is 2.56. The second-order valence-corrected chi connectivity index (χ2v) is 3.92. The van der Waals surface area contributed by atoms with E-state index in [0.717, 1.165) is 17.5 Å². The summed E-state index contributed by atoms with van der Waals surface area (Å²) in [6, 6.07) is 10.6. The van der Waals surface area contributed by atoms with E-state index in [2.05, 4.69) is 52.9 Å². The SMILES string of the molecule is COCCC(CI)c1ccccc1. The molecule has 1 nitrogen and oxygen atoms in total. The van der Waals surface area contributed by atoms with Crippen LogP contribution in [0, 0.1) is 0 Å². The molecular weight excluding hydrogens is 275 g/mol. The van der Waals surface area contributed by atoms with E-state index in [4.69, 9.17) is 4.74 Å². The molecule has 1 aromatic carbocycles. The third-order valence-electron chi connectivity index (χ3n) is 2.13. The zero-order chi connectivity index (χ0) is 9.52. The van der Waals surface area contributed by atoms with Gasteiger partial charge in [-0.2, -0.15) is 0 Å². The Morgan fingerprint density at radius 2 is 2.00 bits per heavy atom. The highest BCUT2D eigenvalue weighted by Crippen LogP contribution is 2.21. The van der Waals surface area contributed by atoms with Crippen molar-refractivity contribution in [2.75, 3.05) is 18.1 Å². The molecule has 0 heterocycles. The zero-order valence-corrected chi connectivity index (χ0v) is 10.0. The molecule has 0 bridgehead atoms. The highest BCUT2D eigenvalue weighted by Gasteiger charge is 2.08. The van der Waals surface area contributed by atoms with Crippen molar-refractivity contribution in [3.8, 4) is 0 Å². The van der Waals surface area contributed by atoms with Crippen LogP contribution in [0.5, 0.6) is 0 Å². The van der Waals surface area contributed by atoms with Gasteiger partial charge in [0.2, 0.25) is 0 Å². The van der Waals surface area contributed by atoms with Crippen molar-refractivity contribution >= 4 is 22.6 Å². The van der Waals surface area contributed by atoms with E-state index in [-0.39, 0.29) is 0 Å². The fraction of sp³-hybridized carbons (Fsp3) is 0.455. The zero-order valence-electron chi connectivity index (χ0n) is 7.87. The first-order chi connectivity index (χ1) is 6.38. The molecule has 1 aromatic rings. The number of benzene rings is 1. The Morgan fingerprint density at radius 3 is 2.54 bits per heavy atom. The summed E-state index contributed by atoms with van der Waals surface area (Å²) in [6.07, 6.45) is 1.11. The van der Waals surface area contributed by atoms with Crippen molar-refractivity contribution in [1.29, 1.82) is 0 Å². The van der Waals surface area contributed by atoms with Gasteiger partial charge in [-0.1, -0.05) is 52.9 Å². The molecule has 0 aliphatic rings. The van der Waals surface area contributed by atoms with Gasteiger partial charge in [0, 0.05) is 18.1 Å². The molecule has 1 rings (SSSR count). The average molecular weight is 290 g/mol. The Bertz CT molecular complexity index is 223. The van der Waals surface area contributed by atoms with Gasteiger partial charge in [0.1, 0.15) is 0 Å². The van der Waals surface area contributed by atoms with E-state index in [0.29, 0.717) is 5.92 Å². The Morgan fingerprint density at radius 1 is 1.31 bits per heavy atom. The first-order valence-corrected chi connectivity index (χ1v) is 6.01. The minimum atomic E-state index is 0.641. The summed E-state index contributed by atoms with van der Waals surface area (Å²) < 4.78 is 6.25. The van der Waals surface area contributed by atoms with Crippen LogP contribution in [0.15, 0.2) is 30.3 Å².